The summed E-state index contributed by atoms with van der Waals surface area (Å²) in [6, 6.07) is 0.435. The Kier molecular flexibility index (Phi) is 2.80. The lowest BCUT2D eigenvalue weighted by atomic mass is 9.75. The summed E-state index contributed by atoms with van der Waals surface area (Å²) in [6.07, 6.45) is 6.47. The minimum atomic E-state index is 0.261. The second-order valence-corrected chi connectivity index (χ2v) is 6.13. The standard InChI is InChI=1S/C13H20N6/c1-13(2)5-3-4-8(6-13)17-11-9-10(16-7-15-9)18-12(14)19-11/h7-8H,3-6H2,1-2H3,(H4,14,15,16,17,18,19). The van der Waals surface area contributed by atoms with Gasteiger partial charge in [-0.2, -0.15) is 9.97 Å². The molecule has 0 amide bonds. The van der Waals surface area contributed by atoms with Gasteiger partial charge in [0.25, 0.3) is 0 Å². The molecule has 1 atom stereocenters. The Morgan fingerprint density at radius 3 is 3.05 bits per heavy atom. The van der Waals surface area contributed by atoms with Gasteiger partial charge in [-0.3, -0.25) is 0 Å². The number of imidazole rings is 1. The molecule has 0 radical (unpaired) electrons. The first-order valence-electron chi connectivity index (χ1n) is 6.77. The number of rotatable bonds is 2. The molecule has 3 rings (SSSR count). The zero-order chi connectivity index (χ0) is 13.5. The number of hydrogen-bond donors (Lipinski definition) is 3. The van der Waals surface area contributed by atoms with Crippen molar-refractivity contribution in [3.8, 4) is 0 Å². The van der Waals surface area contributed by atoms with E-state index >= 15 is 0 Å². The Balaban J connectivity index is 1.86. The fourth-order valence-corrected chi connectivity index (χ4v) is 2.97. The highest BCUT2D eigenvalue weighted by Gasteiger charge is 2.28. The number of nitrogen functional groups attached to an aromatic ring is 1. The fraction of sp³-hybridized carbons (Fsp3) is 0.615. The molecule has 2 heterocycles. The van der Waals surface area contributed by atoms with Gasteiger partial charge in [0.1, 0.15) is 5.52 Å². The zero-order valence-electron chi connectivity index (χ0n) is 11.4. The zero-order valence-corrected chi connectivity index (χ0v) is 11.4. The van der Waals surface area contributed by atoms with Crippen LogP contribution in [0.2, 0.25) is 0 Å². The maximum Gasteiger partial charge on any atom is 0.224 e. The third kappa shape index (κ3) is 2.47. The molecule has 1 aliphatic rings. The molecule has 0 spiro atoms. The lowest BCUT2D eigenvalue weighted by Crippen LogP contribution is -2.32. The molecule has 0 aromatic carbocycles. The molecule has 6 nitrogen and oxygen atoms in total. The summed E-state index contributed by atoms with van der Waals surface area (Å²) in [7, 11) is 0. The van der Waals surface area contributed by atoms with Gasteiger partial charge in [-0.15, -0.1) is 0 Å². The quantitative estimate of drug-likeness (QED) is 0.770. The normalized spacial score (nSPS) is 22.5. The number of aromatic amines is 1. The molecule has 1 aliphatic carbocycles. The van der Waals surface area contributed by atoms with Crippen molar-refractivity contribution in [1.29, 1.82) is 0 Å². The van der Waals surface area contributed by atoms with E-state index in [9.17, 15) is 0 Å². The molecule has 1 fully saturated rings. The van der Waals surface area contributed by atoms with E-state index in [4.69, 9.17) is 5.73 Å². The molecule has 4 N–H and O–H groups in total. The van der Waals surface area contributed by atoms with Crippen LogP contribution < -0.4 is 11.1 Å². The van der Waals surface area contributed by atoms with E-state index in [1.807, 2.05) is 0 Å². The molecular formula is C13H20N6. The summed E-state index contributed by atoms with van der Waals surface area (Å²) in [5.74, 6) is 1.03. The van der Waals surface area contributed by atoms with E-state index in [0.717, 1.165) is 17.8 Å². The van der Waals surface area contributed by atoms with E-state index in [1.165, 1.54) is 19.3 Å². The maximum atomic E-state index is 5.73. The van der Waals surface area contributed by atoms with Crippen LogP contribution in [0.15, 0.2) is 6.33 Å². The van der Waals surface area contributed by atoms with Gasteiger partial charge in [0.2, 0.25) is 5.95 Å². The summed E-state index contributed by atoms with van der Waals surface area (Å²) in [4.78, 5) is 15.6. The van der Waals surface area contributed by atoms with Gasteiger partial charge in [0.15, 0.2) is 11.5 Å². The SMILES string of the molecule is CC1(C)CCCC(Nc2nc(N)nc3nc[nH]c23)C1. The smallest absolute Gasteiger partial charge is 0.224 e. The van der Waals surface area contributed by atoms with Gasteiger partial charge in [0, 0.05) is 6.04 Å². The summed E-state index contributed by atoms with van der Waals surface area (Å²) in [6.45, 7) is 4.64. The highest BCUT2D eigenvalue weighted by Crippen LogP contribution is 2.36. The number of nitrogens with zero attached hydrogens (tertiary/aromatic N) is 3. The minimum Gasteiger partial charge on any atom is -0.368 e. The highest BCUT2D eigenvalue weighted by atomic mass is 15.1. The first kappa shape index (κ1) is 12.2. The van der Waals surface area contributed by atoms with Crippen LogP contribution in [0.3, 0.4) is 0 Å². The van der Waals surface area contributed by atoms with Crippen molar-refractivity contribution in [2.24, 2.45) is 5.41 Å². The summed E-state index contributed by atoms with van der Waals surface area (Å²) >= 11 is 0. The van der Waals surface area contributed by atoms with E-state index in [-0.39, 0.29) is 5.95 Å². The number of nitrogens with two attached hydrogens (primary N) is 1. The van der Waals surface area contributed by atoms with Crippen molar-refractivity contribution in [3.05, 3.63) is 6.33 Å². The van der Waals surface area contributed by atoms with Crippen LogP contribution in [-0.4, -0.2) is 26.0 Å². The minimum absolute atomic E-state index is 0.261. The Labute approximate surface area is 112 Å². The van der Waals surface area contributed by atoms with Crippen molar-refractivity contribution in [3.63, 3.8) is 0 Å². The lowest BCUT2D eigenvalue weighted by molar-refractivity contribution is 0.229. The van der Waals surface area contributed by atoms with Crippen LogP contribution in [0.1, 0.15) is 39.5 Å². The van der Waals surface area contributed by atoms with Crippen molar-refractivity contribution in [1.82, 2.24) is 19.9 Å². The molecule has 0 saturated heterocycles. The number of anilines is 2. The van der Waals surface area contributed by atoms with Crippen LogP contribution in [0.4, 0.5) is 11.8 Å². The third-order valence-electron chi connectivity index (χ3n) is 3.85. The van der Waals surface area contributed by atoms with Gasteiger partial charge in [-0.05, 0) is 24.7 Å². The molecule has 2 aromatic rings. The van der Waals surface area contributed by atoms with Gasteiger partial charge < -0.3 is 16.0 Å². The first-order chi connectivity index (χ1) is 9.03. The lowest BCUT2D eigenvalue weighted by Gasteiger charge is -2.35. The number of hydrogen-bond acceptors (Lipinski definition) is 5. The summed E-state index contributed by atoms with van der Waals surface area (Å²) < 4.78 is 0. The van der Waals surface area contributed by atoms with Crippen molar-refractivity contribution >= 4 is 22.9 Å². The molecule has 2 aromatic heterocycles. The predicted octanol–water partition coefficient (Wildman–Crippen LogP) is 2.32. The topological polar surface area (TPSA) is 92.5 Å². The van der Waals surface area contributed by atoms with E-state index < -0.39 is 0 Å². The molecule has 6 heteroatoms. The van der Waals surface area contributed by atoms with Crippen LogP contribution in [0, 0.1) is 5.41 Å². The summed E-state index contributed by atoms with van der Waals surface area (Å²) in [5.41, 5.74) is 7.56. The predicted molar refractivity (Wildman–Crippen MR) is 75.8 cm³/mol. The molecule has 102 valence electrons. The van der Waals surface area contributed by atoms with Gasteiger partial charge in [-0.1, -0.05) is 20.3 Å². The van der Waals surface area contributed by atoms with E-state index in [2.05, 4.69) is 39.1 Å². The summed E-state index contributed by atoms with van der Waals surface area (Å²) in [5, 5.41) is 3.50. The Bertz CT molecular complexity index is 588. The van der Waals surface area contributed by atoms with Gasteiger partial charge >= 0.3 is 0 Å². The van der Waals surface area contributed by atoms with E-state index in [1.54, 1.807) is 6.33 Å². The van der Waals surface area contributed by atoms with Crippen LogP contribution in [0.5, 0.6) is 0 Å². The molecule has 0 aliphatic heterocycles. The van der Waals surface area contributed by atoms with Crippen LogP contribution in [0.25, 0.3) is 11.2 Å². The Morgan fingerprint density at radius 2 is 2.26 bits per heavy atom. The monoisotopic (exact) mass is 260 g/mol. The molecule has 1 unspecified atom stereocenters. The Hall–Kier alpha value is -1.85. The maximum absolute atomic E-state index is 5.73. The third-order valence-corrected chi connectivity index (χ3v) is 3.85. The number of aromatic nitrogens is 4. The van der Waals surface area contributed by atoms with Crippen molar-refractivity contribution < 1.29 is 0 Å². The second kappa shape index (κ2) is 4.36. The van der Waals surface area contributed by atoms with Crippen molar-refractivity contribution in [2.45, 2.75) is 45.6 Å². The number of fused-ring (bicyclic) bond motifs is 1. The molecule has 1 saturated carbocycles. The van der Waals surface area contributed by atoms with Crippen molar-refractivity contribution in [2.75, 3.05) is 11.1 Å². The average Bonchev–Trinajstić information content (AvgIpc) is 2.75. The molecular weight excluding hydrogens is 240 g/mol. The average molecular weight is 260 g/mol. The first-order valence-corrected chi connectivity index (χ1v) is 6.77. The van der Waals surface area contributed by atoms with E-state index in [0.29, 0.717) is 17.1 Å². The number of H-pyrrole nitrogens is 1. The van der Waals surface area contributed by atoms with Crippen LogP contribution in [-0.2, 0) is 0 Å². The van der Waals surface area contributed by atoms with Crippen LogP contribution >= 0.6 is 0 Å². The second-order valence-electron chi connectivity index (χ2n) is 6.13. The highest BCUT2D eigenvalue weighted by molar-refractivity contribution is 5.83. The number of nitrogens with one attached hydrogen (secondary N) is 2. The molecule has 0 bridgehead atoms. The van der Waals surface area contributed by atoms with Gasteiger partial charge in [0.05, 0.1) is 6.33 Å². The fourth-order valence-electron chi connectivity index (χ4n) is 2.97. The van der Waals surface area contributed by atoms with Gasteiger partial charge in [-0.25, -0.2) is 4.98 Å². The molecule has 19 heavy (non-hydrogen) atoms. The largest absolute Gasteiger partial charge is 0.368 e. The Morgan fingerprint density at radius 1 is 1.42 bits per heavy atom.